The minimum atomic E-state index is -4.15. The van der Waals surface area contributed by atoms with Gasteiger partial charge in [-0.25, -0.2) is 8.42 Å². The highest BCUT2D eigenvalue weighted by Crippen LogP contribution is 2.31. The standard InChI is InChI=1S/C32H38ClN3O4S/c1-4-29(32(38)34-26-14-8-9-15-26)35(21-25-13-10-12-23(2)20-25)31(37)22-36(30-19-11-18-28(33)24(30)3)41(39,40)27-16-6-5-7-17-27/h5-7,10-13,16-20,26,29H,4,8-9,14-15,21-22H2,1-3H3,(H,34,38)/t29-/m1/s1. The van der Waals surface area contributed by atoms with Crippen molar-refractivity contribution in [3.8, 4) is 0 Å². The van der Waals surface area contributed by atoms with Gasteiger partial charge in [0.2, 0.25) is 11.8 Å². The van der Waals surface area contributed by atoms with Crippen molar-refractivity contribution < 1.29 is 18.0 Å². The summed E-state index contributed by atoms with van der Waals surface area (Å²) >= 11 is 6.40. The first-order valence-corrected chi connectivity index (χ1v) is 15.9. The van der Waals surface area contributed by atoms with E-state index in [4.69, 9.17) is 11.6 Å². The average molecular weight is 596 g/mol. The fourth-order valence-corrected chi connectivity index (χ4v) is 7.06. The quantitative estimate of drug-likeness (QED) is 0.294. The van der Waals surface area contributed by atoms with E-state index in [1.165, 1.54) is 17.0 Å². The van der Waals surface area contributed by atoms with Gasteiger partial charge in [-0.15, -0.1) is 0 Å². The lowest BCUT2D eigenvalue weighted by molar-refractivity contribution is -0.140. The Morgan fingerprint density at radius 1 is 0.976 bits per heavy atom. The number of amides is 2. The minimum Gasteiger partial charge on any atom is -0.352 e. The molecule has 218 valence electrons. The maximum atomic E-state index is 14.2. The van der Waals surface area contributed by atoms with Crippen LogP contribution in [-0.4, -0.2) is 43.8 Å². The van der Waals surface area contributed by atoms with Crippen molar-refractivity contribution in [3.05, 3.63) is 94.5 Å². The van der Waals surface area contributed by atoms with Crippen LogP contribution in [0.5, 0.6) is 0 Å². The van der Waals surface area contributed by atoms with Gasteiger partial charge in [0.15, 0.2) is 0 Å². The van der Waals surface area contributed by atoms with E-state index in [2.05, 4.69) is 5.32 Å². The van der Waals surface area contributed by atoms with Crippen LogP contribution in [0.1, 0.15) is 55.7 Å². The smallest absolute Gasteiger partial charge is 0.264 e. The Labute approximate surface area is 248 Å². The number of carbonyl (C=O) groups excluding carboxylic acids is 2. The van der Waals surface area contributed by atoms with E-state index < -0.39 is 28.5 Å². The molecule has 2 amide bonds. The van der Waals surface area contributed by atoms with E-state index in [0.29, 0.717) is 22.7 Å². The van der Waals surface area contributed by atoms with Gasteiger partial charge in [-0.2, -0.15) is 0 Å². The second-order valence-electron chi connectivity index (χ2n) is 10.6. The first kappa shape index (κ1) is 30.6. The lowest BCUT2D eigenvalue weighted by atomic mass is 10.1. The van der Waals surface area contributed by atoms with Crippen molar-refractivity contribution in [2.45, 2.75) is 76.4 Å². The molecule has 0 spiro atoms. The SMILES string of the molecule is CC[C@H](C(=O)NC1CCCC1)N(Cc1cccc(C)c1)C(=O)CN(c1cccc(Cl)c1C)S(=O)(=O)c1ccccc1. The van der Waals surface area contributed by atoms with Gasteiger partial charge in [-0.3, -0.25) is 13.9 Å². The van der Waals surface area contributed by atoms with Crippen molar-refractivity contribution in [2.75, 3.05) is 10.8 Å². The Kier molecular flexibility index (Phi) is 10.1. The van der Waals surface area contributed by atoms with Gasteiger partial charge in [0, 0.05) is 17.6 Å². The molecule has 7 nitrogen and oxygen atoms in total. The summed E-state index contributed by atoms with van der Waals surface area (Å²) in [7, 11) is -4.15. The van der Waals surface area contributed by atoms with Gasteiger partial charge in [-0.05, 0) is 68.5 Å². The molecule has 1 fully saturated rings. The van der Waals surface area contributed by atoms with Crippen molar-refractivity contribution in [3.63, 3.8) is 0 Å². The fourth-order valence-electron chi connectivity index (χ4n) is 5.39. The third-order valence-corrected chi connectivity index (χ3v) is 9.82. The summed E-state index contributed by atoms with van der Waals surface area (Å²) < 4.78 is 29.1. The van der Waals surface area contributed by atoms with E-state index in [9.17, 15) is 18.0 Å². The Hall–Kier alpha value is -3.36. The summed E-state index contributed by atoms with van der Waals surface area (Å²) in [6.07, 6.45) is 4.37. The average Bonchev–Trinajstić information content (AvgIpc) is 3.46. The zero-order valence-corrected chi connectivity index (χ0v) is 25.4. The molecule has 4 rings (SSSR count). The number of nitrogens with one attached hydrogen (secondary N) is 1. The molecule has 0 aromatic heterocycles. The van der Waals surface area contributed by atoms with Gasteiger partial charge in [0.05, 0.1) is 10.6 Å². The monoisotopic (exact) mass is 595 g/mol. The summed E-state index contributed by atoms with van der Waals surface area (Å²) in [6, 6.07) is 20.1. The molecule has 0 radical (unpaired) electrons. The number of hydrogen-bond acceptors (Lipinski definition) is 4. The molecule has 41 heavy (non-hydrogen) atoms. The Bertz CT molecular complexity index is 1470. The molecular formula is C32H38ClN3O4S. The van der Waals surface area contributed by atoms with Crippen molar-refractivity contribution >= 4 is 39.1 Å². The molecule has 0 aliphatic heterocycles. The number of carbonyl (C=O) groups is 2. The number of sulfonamides is 1. The third kappa shape index (κ3) is 7.29. The largest absolute Gasteiger partial charge is 0.352 e. The molecule has 1 saturated carbocycles. The highest BCUT2D eigenvalue weighted by molar-refractivity contribution is 7.92. The molecule has 3 aromatic rings. The van der Waals surface area contributed by atoms with E-state index in [0.717, 1.165) is 41.1 Å². The lowest BCUT2D eigenvalue weighted by Gasteiger charge is -2.34. The molecule has 1 atom stereocenters. The molecule has 1 N–H and O–H groups in total. The minimum absolute atomic E-state index is 0.0587. The maximum Gasteiger partial charge on any atom is 0.264 e. The number of halogens is 1. The Morgan fingerprint density at radius 2 is 1.66 bits per heavy atom. The van der Waals surface area contributed by atoms with Gasteiger partial charge in [0.25, 0.3) is 10.0 Å². The second kappa shape index (κ2) is 13.5. The van der Waals surface area contributed by atoms with Gasteiger partial charge >= 0.3 is 0 Å². The number of nitrogens with zero attached hydrogens (tertiary/aromatic N) is 2. The number of anilines is 1. The zero-order valence-electron chi connectivity index (χ0n) is 23.8. The number of hydrogen-bond donors (Lipinski definition) is 1. The predicted molar refractivity (Wildman–Crippen MR) is 163 cm³/mol. The van der Waals surface area contributed by atoms with Gasteiger partial charge < -0.3 is 10.2 Å². The van der Waals surface area contributed by atoms with E-state index >= 15 is 0 Å². The molecule has 1 aliphatic carbocycles. The normalized spacial score (nSPS) is 14.4. The van der Waals surface area contributed by atoms with Crippen LogP contribution in [0.4, 0.5) is 5.69 Å². The Balaban J connectivity index is 1.74. The third-order valence-electron chi connectivity index (χ3n) is 7.64. The summed E-state index contributed by atoms with van der Waals surface area (Å²) in [6.45, 7) is 5.25. The first-order valence-electron chi connectivity index (χ1n) is 14.1. The van der Waals surface area contributed by atoms with Gasteiger partial charge in [-0.1, -0.05) is 85.5 Å². The molecule has 1 aliphatic rings. The van der Waals surface area contributed by atoms with Crippen LogP contribution >= 0.6 is 11.6 Å². The fraction of sp³-hybridized carbons (Fsp3) is 0.375. The van der Waals surface area contributed by atoms with E-state index in [-0.39, 0.29) is 23.4 Å². The zero-order chi connectivity index (χ0) is 29.6. The van der Waals surface area contributed by atoms with Gasteiger partial charge in [0.1, 0.15) is 12.6 Å². The number of aryl methyl sites for hydroxylation is 1. The number of rotatable bonds is 11. The molecule has 9 heteroatoms. The first-order chi connectivity index (χ1) is 19.6. The van der Waals surface area contributed by atoms with Crippen molar-refractivity contribution in [1.29, 1.82) is 0 Å². The lowest BCUT2D eigenvalue weighted by Crippen LogP contribution is -2.53. The molecule has 0 bridgehead atoms. The molecule has 0 unspecified atom stereocenters. The summed E-state index contributed by atoms with van der Waals surface area (Å²) in [5.74, 6) is -0.685. The van der Waals surface area contributed by atoms with Crippen LogP contribution in [0, 0.1) is 13.8 Å². The Morgan fingerprint density at radius 3 is 2.32 bits per heavy atom. The highest BCUT2D eigenvalue weighted by atomic mass is 35.5. The van der Waals surface area contributed by atoms with Crippen LogP contribution in [-0.2, 0) is 26.2 Å². The summed E-state index contributed by atoms with van der Waals surface area (Å²) in [5.41, 5.74) is 2.74. The van der Waals surface area contributed by atoms with E-state index in [1.54, 1.807) is 43.3 Å². The van der Waals surface area contributed by atoms with Crippen LogP contribution in [0.15, 0.2) is 77.7 Å². The van der Waals surface area contributed by atoms with E-state index in [1.807, 2.05) is 38.1 Å². The predicted octanol–water partition coefficient (Wildman–Crippen LogP) is 6.02. The van der Waals surface area contributed by atoms with Crippen LogP contribution in [0.2, 0.25) is 5.02 Å². The molecule has 0 heterocycles. The van der Waals surface area contributed by atoms with Crippen LogP contribution < -0.4 is 9.62 Å². The van der Waals surface area contributed by atoms with Crippen molar-refractivity contribution in [1.82, 2.24) is 10.2 Å². The highest BCUT2D eigenvalue weighted by Gasteiger charge is 2.35. The van der Waals surface area contributed by atoms with Crippen LogP contribution in [0.25, 0.3) is 0 Å². The van der Waals surface area contributed by atoms with Crippen LogP contribution in [0.3, 0.4) is 0 Å². The topological polar surface area (TPSA) is 86.8 Å². The summed E-state index contributed by atoms with van der Waals surface area (Å²) in [4.78, 5) is 29.4. The molecule has 0 saturated heterocycles. The molecular weight excluding hydrogens is 558 g/mol. The molecule has 3 aromatic carbocycles. The maximum absolute atomic E-state index is 14.2. The summed E-state index contributed by atoms with van der Waals surface area (Å²) in [5, 5.41) is 3.53. The number of benzene rings is 3. The second-order valence-corrected chi connectivity index (χ2v) is 12.9. The van der Waals surface area contributed by atoms with Crippen molar-refractivity contribution in [2.24, 2.45) is 0 Å².